The molecule has 1 aromatic heterocycles. The first-order valence-electron chi connectivity index (χ1n) is 5.10. The van der Waals surface area contributed by atoms with Gasteiger partial charge in [0.15, 0.2) is 5.78 Å². The minimum atomic E-state index is 0.0488. The molecule has 0 radical (unpaired) electrons. The highest BCUT2D eigenvalue weighted by molar-refractivity contribution is 7.18. The Morgan fingerprint density at radius 3 is 2.59 bits per heavy atom. The summed E-state index contributed by atoms with van der Waals surface area (Å²) in [5.41, 5.74) is 1.94. The van der Waals surface area contributed by atoms with E-state index in [9.17, 15) is 4.79 Å². The van der Waals surface area contributed by atoms with Crippen LogP contribution >= 0.6 is 34.5 Å². The molecule has 0 fully saturated rings. The molecule has 17 heavy (non-hydrogen) atoms. The molecule has 0 unspecified atom stereocenters. The zero-order valence-corrected chi connectivity index (χ0v) is 11.5. The fourth-order valence-corrected chi connectivity index (χ4v) is 2.80. The number of carbonyl (C=O) groups is 1. The molecule has 1 nitrogen and oxygen atoms in total. The summed E-state index contributed by atoms with van der Waals surface area (Å²) in [4.78, 5) is 12.6. The van der Waals surface area contributed by atoms with Crippen LogP contribution in [-0.2, 0) is 6.42 Å². The molecule has 2 rings (SSSR count). The molecule has 0 saturated heterocycles. The van der Waals surface area contributed by atoms with Gasteiger partial charge >= 0.3 is 0 Å². The second-order valence-corrected chi connectivity index (χ2v) is 5.92. The van der Waals surface area contributed by atoms with E-state index >= 15 is 0 Å². The highest BCUT2D eigenvalue weighted by atomic mass is 35.5. The predicted octanol–water partition coefficient (Wildman–Crippen LogP) is 4.79. The quantitative estimate of drug-likeness (QED) is 0.741. The number of benzene rings is 1. The molecule has 0 atom stereocenters. The molecule has 0 saturated carbocycles. The van der Waals surface area contributed by atoms with Gasteiger partial charge in [-0.15, -0.1) is 11.3 Å². The summed E-state index contributed by atoms with van der Waals surface area (Å²) < 4.78 is 0.628. The second-order valence-electron chi connectivity index (χ2n) is 3.80. The molecule has 0 bridgehead atoms. The third kappa shape index (κ3) is 3.09. The maximum Gasteiger partial charge on any atom is 0.177 e. The summed E-state index contributed by atoms with van der Waals surface area (Å²) in [5, 5.41) is 0.640. The molecule has 0 spiro atoms. The molecule has 0 aliphatic heterocycles. The van der Waals surface area contributed by atoms with Gasteiger partial charge in [0.05, 0.1) is 9.21 Å². The zero-order chi connectivity index (χ0) is 12.4. The average molecular weight is 285 g/mol. The van der Waals surface area contributed by atoms with Gasteiger partial charge in [-0.1, -0.05) is 35.3 Å². The molecule has 1 aromatic carbocycles. The Morgan fingerprint density at radius 1 is 1.24 bits per heavy atom. The van der Waals surface area contributed by atoms with Gasteiger partial charge in [0, 0.05) is 11.4 Å². The van der Waals surface area contributed by atoms with Crippen LogP contribution in [0.15, 0.2) is 30.3 Å². The van der Waals surface area contributed by atoms with E-state index in [1.165, 1.54) is 11.3 Å². The Hall–Kier alpha value is -0.830. The van der Waals surface area contributed by atoms with Crippen molar-refractivity contribution in [2.75, 3.05) is 0 Å². The van der Waals surface area contributed by atoms with Crippen molar-refractivity contribution in [1.29, 1.82) is 0 Å². The fourth-order valence-electron chi connectivity index (χ4n) is 1.52. The standard InChI is InChI=1S/C13H10Cl2OS/c1-8-2-3-9(10(14)6-8)7-11(16)12-4-5-13(15)17-12/h2-6H,7H2,1H3. The summed E-state index contributed by atoms with van der Waals surface area (Å²) in [7, 11) is 0. The van der Waals surface area contributed by atoms with Gasteiger partial charge in [-0.05, 0) is 36.2 Å². The summed E-state index contributed by atoms with van der Waals surface area (Å²) in [5.74, 6) is 0.0488. The van der Waals surface area contributed by atoms with Crippen LogP contribution in [0.25, 0.3) is 0 Å². The lowest BCUT2D eigenvalue weighted by Gasteiger charge is -2.03. The van der Waals surface area contributed by atoms with Crippen molar-refractivity contribution in [1.82, 2.24) is 0 Å². The first-order valence-corrected chi connectivity index (χ1v) is 6.67. The van der Waals surface area contributed by atoms with Crippen LogP contribution in [0.2, 0.25) is 9.36 Å². The molecule has 0 aliphatic carbocycles. The number of halogens is 2. The molecule has 1 heterocycles. The van der Waals surface area contributed by atoms with Crippen molar-refractivity contribution in [3.63, 3.8) is 0 Å². The molecule has 2 aromatic rings. The van der Waals surface area contributed by atoms with Crippen LogP contribution in [0.5, 0.6) is 0 Å². The molecule has 0 N–H and O–H groups in total. The van der Waals surface area contributed by atoms with Gasteiger partial charge in [-0.2, -0.15) is 0 Å². The largest absolute Gasteiger partial charge is 0.293 e. The highest BCUT2D eigenvalue weighted by Gasteiger charge is 2.11. The van der Waals surface area contributed by atoms with Gasteiger partial charge in [-0.3, -0.25) is 4.79 Å². The number of Topliss-reactive ketones (excluding diaryl/α,β-unsaturated/α-hetero) is 1. The minimum absolute atomic E-state index is 0.0488. The number of ketones is 1. The molecule has 0 aliphatic rings. The van der Waals surface area contributed by atoms with Gasteiger partial charge < -0.3 is 0 Å². The van der Waals surface area contributed by atoms with E-state index in [1.54, 1.807) is 12.1 Å². The third-order valence-electron chi connectivity index (χ3n) is 2.41. The Balaban J connectivity index is 2.18. The smallest absolute Gasteiger partial charge is 0.177 e. The lowest BCUT2D eigenvalue weighted by molar-refractivity contribution is 0.0997. The van der Waals surface area contributed by atoms with E-state index in [-0.39, 0.29) is 5.78 Å². The fraction of sp³-hybridized carbons (Fsp3) is 0.154. The van der Waals surface area contributed by atoms with E-state index in [2.05, 4.69) is 0 Å². The number of thiophene rings is 1. The van der Waals surface area contributed by atoms with Crippen molar-refractivity contribution in [3.8, 4) is 0 Å². The van der Waals surface area contributed by atoms with Crippen LogP contribution in [0.3, 0.4) is 0 Å². The minimum Gasteiger partial charge on any atom is -0.293 e. The van der Waals surface area contributed by atoms with Crippen LogP contribution < -0.4 is 0 Å². The summed E-state index contributed by atoms with van der Waals surface area (Å²) in [6.45, 7) is 1.97. The molecular formula is C13H10Cl2OS. The average Bonchev–Trinajstić information content (AvgIpc) is 2.69. The Bertz CT molecular complexity index is 560. The third-order valence-corrected chi connectivity index (χ3v) is 4.03. The van der Waals surface area contributed by atoms with E-state index in [0.29, 0.717) is 20.7 Å². The van der Waals surface area contributed by atoms with Crippen molar-refractivity contribution in [2.45, 2.75) is 13.3 Å². The first kappa shape index (κ1) is 12.6. The normalized spacial score (nSPS) is 10.5. The summed E-state index contributed by atoms with van der Waals surface area (Å²) in [6.07, 6.45) is 0.315. The topological polar surface area (TPSA) is 17.1 Å². The van der Waals surface area contributed by atoms with Crippen LogP contribution in [-0.4, -0.2) is 5.78 Å². The van der Waals surface area contributed by atoms with Gasteiger partial charge in [-0.25, -0.2) is 0 Å². The van der Waals surface area contributed by atoms with E-state index in [4.69, 9.17) is 23.2 Å². The molecular weight excluding hydrogens is 275 g/mol. The lowest BCUT2D eigenvalue weighted by Crippen LogP contribution is -2.01. The van der Waals surface area contributed by atoms with Crippen molar-refractivity contribution >= 4 is 40.3 Å². The van der Waals surface area contributed by atoms with Gasteiger partial charge in [0.2, 0.25) is 0 Å². The number of carbonyl (C=O) groups excluding carboxylic acids is 1. The Labute approximate surface area is 114 Å². The maximum absolute atomic E-state index is 12.0. The predicted molar refractivity (Wildman–Crippen MR) is 73.6 cm³/mol. The zero-order valence-electron chi connectivity index (χ0n) is 9.17. The van der Waals surface area contributed by atoms with Crippen molar-refractivity contribution < 1.29 is 4.79 Å². The van der Waals surface area contributed by atoms with Gasteiger partial charge in [0.1, 0.15) is 0 Å². The van der Waals surface area contributed by atoms with Crippen LogP contribution in [0, 0.1) is 6.92 Å². The lowest BCUT2D eigenvalue weighted by atomic mass is 10.1. The highest BCUT2D eigenvalue weighted by Crippen LogP contribution is 2.24. The number of rotatable bonds is 3. The number of aryl methyl sites for hydroxylation is 1. The number of hydrogen-bond acceptors (Lipinski definition) is 2. The maximum atomic E-state index is 12.0. The van der Waals surface area contributed by atoms with E-state index in [1.807, 2.05) is 25.1 Å². The van der Waals surface area contributed by atoms with Crippen LogP contribution in [0.1, 0.15) is 20.8 Å². The Morgan fingerprint density at radius 2 is 2.00 bits per heavy atom. The molecule has 4 heteroatoms. The molecule has 0 amide bonds. The van der Waals surface area contributed by atoms with Crippen LogP contribution in [0.4, 0.5) is 0 Å². The number of hydrogen-bond donors (Lipinski definition) is 0. The van der Waals surface area contributed by atoms with Crippen molar-refractivity contribution in [3.05, 3.63) is 55.7 Å². The van der Waals surface area contributed by atoms with Gasteiger partial charge in [0.25, 0.3) is 0 Å². The Kier molecular flexibility index (Phi) is 3.87. The first-order chi connectivity index (χ1) is 8.06. The van der Waals surface area contributed by atoms with E-state index < -0.39 is 0 Å². The summed E-state index contributed by atoms with van der Waals surface area (Å²) in [6, 6.07) is 9.19. The SMILES string of the molecule is Cc1ccc(CC(=O)c2ccc(Cl)s2)c(Cl)c1. The monoisotopic (exact) mass is 284 g/mol. The summed E-state index contributed by atoms with van der Waals surface area (Å²) >= 11 is 13.2. The second kappa shape index (κ2) is 5.21. The molecule has 88 valence electrons. The van der Waals surface area contributed by atoms with E-state index in [0.717, 1.165) is 11.1 Å². The van der Waals surface area contributed by atoms with Crippen molar-refractivity contribution in [2.24, 2.45) is 0 Å².